The highest BCUT2D eigenvalue weighted by Crippen LogP contribution is 2.30. The van der Waals surface area contributed by atoms with E-state index in [-0.39, 0.29) is 43.3 Å². The lowest BCUT2D eigenvalue weighted by Gasteiger charge is -2.33. The quantitative estimate of drug-likeness (QED) is 0.841. The van der Waals surface area contributed by atoms with Crippen molar-refractivity contribution in [1.82, 2.24) is 9.80 Å². The Morgan fingerprint density at radius 2 is 2.00 bits per heavy atom. The first kappa shape index (κ1) is 17.7. The van der Waals surface area contributed by atoms with Gasteiger partial charge in [-0.3, -0.25) is 9.69 Å². The first-order valence-electron chi connectivity index (χ1n) is 8.45. The van der Waals surface area contributed by atoms with Crippen LogP contribution in [0.1, 0.15) is 30.4 Å². The molecule has 1 aromatic carbocycles. The van der Waals surface area contributed by atoms with Crippen LogP contribution >= 0.6 is 0 Å². The van der Waals surface area contributed by atoms with E-state index >= 15 is 0 Å². The fraction of sp³-hybridized carbons (Fsp3) is 0.556. The van der Waals surface area contributed by atoms with Gasteiger partial charge in [-0.15, -0.1) is 0 Å². The fourth-order valence-corrected chi connectivity index (χ4v) is 3.48. The molecule has 4 nitrogen and oxygen atoms in total. The van der Waals surface area contributed by atoms with E-state index in [9.17, 15) is 18.0 Å². The topological polar surface area (TPSA) is 47.3 Å². The summed E-state index contributed by atoms with van der Waals surface area (Å²) in [4.78, 5) is 16.0. The number of carbonyl (C=O) groups is 1. The number of alkyl halides is 2. The highest BCUT2D eigenvalue weighted by Gasteiger charge is 2.38. The van der Waals surface area contributed by atoms with E-state index < -0.39 is 11.7 Å². The molecule has 2 heterocycles. The van der Waals surface area contributed by atoms with Crippen LogP contribution in [-0.2, 0) is 11.3 Å². The molecule has 2 aliphatic rings. The SMILES string of the molecule is N#Cc1ccc(CN2CCC(C(=O)N3CCC(F)(F)CC3)C2)c(F)c1. The number of amides is 1. The molecule has 2 saturated heterocycles. The molecule has 2 fully saturated rings. The lowest BCUT2D eigenvalue weighted by Crippen LogP contribution is -2.45. The number of nitriles is 1. The molecular weight excluding hydrogens is 331 g/mol. The van der Waals surface area contributed by atoms with Gasteiger partial charge in [0.15, 0.2) is 0 Å². The molecule has 25 heavy (non-hydrogen) atoms. The van der Waals surface area contributed by atoms with E-state index in [4.69, 9.17) is 5.26 Å². The van der Waals surface area contributed by atoms with Crippen LogP contribution in [0.15, 0.2) is 18.2 Å². The number of halogens is 3. The summed E-state index contributed by atoms with van der Waals surface area (Å²) in [5.41, 5.74) is 0.766. The fourth-order valence-electron chi connectivity index (χ4n) is 3.48. The average molecular weight is 351 g/mol. The Kier molecular flexibility index (Phi) is 5.00. The van der Waals surface area contributed by atoms with Crippen LogP contribution < -0.4 is 0 Å². The van der Waals surface area contributed by atoms with Gasteiger partial charge >= 0.3 is 0 Å². The molecule has 1 aromatic rings. The number of piperidine rings is 1. The van der Waals surface area contributed by atoms with Crippen molar-refractivity contribution in [2.75, 3.05) is 26.2 Å². The maximum Gasteiger partial charge on any atom is 0.251 e. The minimum absolute atomic E-state index is 0.0710. The van der Waals surface area contributed by atoms with Crippen molar-refractivity contribution in [3.63, 3.8) is 0 Å². The molecule has 1 amide bonds. The lowest BCUT2D eigenvalue weighted by molar-refractivity contribution is -0.141. The molecule has 0 spiro atoms. The second-order valence-corrected chi connectivity index (χ2v) is 6.82. The van der Waals surface area contributed by atoms with Crippen LogP contribution in [0.25, 0.3) is 0 Å². The second-order valence-electron chi connectivity index (χ2n) is 6.82. The molecule has 2 aliphatic heterocycles. The van der Waals surface area contributed by atoms with E-state index in [1.165, 1.54) is 11.0 Å². The monoisotopic (exact) mass is 351 g/mol. The molecular formula is C18H20F3N3O. The van der Waals surface area contributed by atoms with Gasteiger partial charge < -0.3 is 4.90 Å². The first-order chi connectivity index (χ1) is 11.9. The molecule has 7 heteroatoms. The van der Waals surface area contributed by atoms with Crippen molar-refractivity contribution in [3.8, 4) is 6.07 Å². The van der Waals surface area contributed by atoms with Crippen molar-refractivity contribution in [3.05, 3.63) is 35.1 Å². The van der Waals surface area contributed by atoms with Crippen LogP contribution in [0.4, 0.5) is 13.2 Å². The number of hydrogen-bond acceptors (Lipinski definition) is 3. The summed E-state index contributed by atoms with van der Waals surface area (Å²) in [7, 11) is 0. The van der Waals surface area contributed by atoms with Gasteiger partial charge in [-0.05, 0) is 25.1 Å². The Morgan fingerprint density at radius 1 is 1.28 bits per heavy atom. The highest BCUT2D eigenvalue weighted by atomic mass is 19.3. The third kappa shape index (κ3) is 4.13. The van der Waals surface area contributed by atoms with E-state index in [2.05, 4.69) is 0 Å². The molecule has 0 aromatic heterocycles. The van der Waals surface area contributed by atoms with Gasteiger partial charge in [0.25, 0.3) is 5.92 Å². The summed E-state index contributed by atoms with van der Waals surface area (Å²) in [6.45, 7) is 1.75. The zero-order valence-corrected chi connectivity index (χ0v) is 13.9. The standard InChI is InChI=1S/C18H20F3N3O/c19-16-9-13(10-22)1-2-14(16)11-23-6-3-15(12-23)17(25)24-7-4-18(20,21)5-8-24/h1-2,9,15H,3-8,11-12H2. The zero-order valence-electron chi connectivity index (χ0n) is 13.9. The van der Waals surface area contributed by atoms with Crippen LogP contribution in [-0.4, -0.2) is 47.8 Å². The normalized spacial score (nSPS) is 23.4. The number of benzene rings is 1. The number of hydrogen-bond donors (Lipinski definition) is 0. The molecule has 1 atom stereocenters. The van der Waals surface area contributed by atoms with Crippen molar-refractivity contribution < 1.29 is 18.0 Å². The molecule has 0 saturated carbocycles. The van der Waals surface area contributed by atoms with Gasteiger partial charge in [0.2, 0.25) is 5.91 Å². The van der Waals surface area contributed by atoms with Crippen molar-refractivity contribution >= 4 is 5.91 Å². The van der Waals surface area contributed by atoms with Gasteiger partial charge in [0.05, 0.1) is 17.6 Å². The maximum absolute atomic E-state index is 14.0. The summed E-state index contributed by atoms with van der Waals surface area (Å²) >= 11 is 0. The maximum atomic E-state index is 14.0. The number of likely N-dealkylation sites (tertiary alicyclic amines) is 2. The van der Waals surface area contributed by atoms with Crippen molar-refractivity contribution in [2.45, 2.75) is 31.7 Å². The van der Waals surface area contributed by atoms with Crippen molar-refractivity contribution in [1.29, 1.82) is 5.26 Å². The highest BCUT2D eigenvalue weighted by molar-refractivity contribution is 5.79. The Bertz CT molecular complexity index is 691. The minimum Gasteiger partial charge on any atom is -0.342 e. The van der Waals surface area contributed by atoms with Crippen molar-refractivity contribution in [2.24, 2.45) is 5.92 Å². The first-order valence-corrected chi connectivity index (χ1v) is 8.45. The van der Waals surface area contributed by atoms with Gasteiger partial charge in [-0.2, -0.15) is 5.26 Å². The predicted molar refractivity (Wildman–Crippen MR) is 85.3 cm³/mol. The molecule has 1 unspecified atom stereocenters. The molecule has 0 bridgehead atoms. The third-order valence-electron chi connectivity index (χ3n) is 5.00. The average Bonchev–Trinajstić information content (AvgIpc) is 3.04. The van der Waals surface area contributed by atoms with Crippen LogP contribution in [0.5, 0.6) is 0 Å². The van der Waals surface area contributed by atoms with Gasteiger partial charge in [0.1, 0.15) is 5.82 Å². The van der Waals surface area contributed by atoms with Crippen LogP contribution in [0.3, 0.4) is 0 Å². The Labute approximate surface area is 144 Å². The Morgan fingerprint density at radius 3 is 2.64 bits per heavy atom. The van der Waals surface area contributed by atoms with E-state index in [0.29, 0.717) is 31.6 Å². The molecule has 3 rings (SSSR count). The van der Waals surface area contributed by atoms with Gasteiger partial charge in [0, 0.05) is 44.6 Å². The summed E-state index contributed by atoms with van der Waals surface area (Å²) in [6.07, 6.45) is 0.112. The van der Waals surface area contributed by atoms with Gasteiger partial charge in [-0.25, -0.2) is 13.2 Å². The van der Waals surface area contributed by atoms with Crippen LogP contribution in [0, 0.1) is 23.1 Å². The molecule has 134 valence electrons. The minimum atomic E-state index is -2.66. The summed E-state index contributed by atoms with van der Waals surface area (Å²) < 4.78 is 40.4. The van der Waals surface area contributed by atoms with Crippen LogP contribution in [0.2, 0.25) is 0 Å². The lowest BCUT2D eigenvalue weighted by atomic mass is 10.0. The van der Waals surface area contributed by atoms with E-state index in [1.54, 1.807) is 12.1 Å². The molecule has 0 N–H and O–H groups in total. The Balaban J connectivity index is 1.55. The van der Waals surface area contributed by atoms with E-state index in [1.807, 2.05) is 11.0 Å². The summed E-state index contributed by atoms with van der Waals surface area (Å²) in [5, 5.41) is 8.77. The number of rotatable bonds is 3. The second kappa shape index (κ2) is 7.04. The number of nitrogens with zero attached hydrogens (tertiary/aromatic N) is 3. The summed E-state index contributed by atoms with van der Waals surface area (Å²) in [6, 6.07) is 6.27. The third-order valence-corrected chi connectivity index (χ3v) is 5.00. The van der Waals surface area contributed by atoms with Gasteiger partial charge in [-0.1, -0.05) is 6.07 Å². The molecule has 0 radical (unpaired) electrons. The molecule has 0 aliphatic carbocycles. The summed E-state index contributed by atoms with van der Waals surface area (Å²) in [5.74, 6) is -3.37. The smallest absolute Gasteiger partial charge is 0.251 e. The predicted octanol–water partition coefficient (Wildman–Crippen LogP) is 2.78. The Hall–Kier alpha value is -2.07. The largest absolute Gasteiger partial charge is 0.342 e. The number of carbonyl (C=O) groups excluding carboxylic acids is 1. The zero-order chi connectivity index (χ0) is 18.0. The van der Waals surface area contributed by atoms with E-state index in [0.717, 1.165) is 0 Å².